The molecule has 61 heavy (non-hydrogen) atoms. The molecule has 0 radical (unpaired) electrons. The molecule has 0 aliphatic heterocycles. The molecule has 0 unspecified atom stereocenters. The van der Waals surface area contributed by atoms with Gasteiger partial charge in [0.1, 0.15) is 11.3 Å². The van der Waals surface area contributed by atoms with Crippen LogP contribution < -0.4 is 0 Å². The van der Waals surface area contributed by atoms with E-state index in [-0.39, 0.29) is 0 Å². The Kier molecular flexibility index (Phi) is 8.10. The Hall–Kier alpha value is -8.28. The maximum atomic E-state index is 6.77. The Morgan fingerprint density at radius 3 is 1.61 bits per heavy atom. The molecule has 12 rings (SSSR count). The topological polar surface area (TPSA) is 64.7 Å². The van der Waals surface area contributed by atoms with Crippen LogP contribution in [0.15, 0.2) is 211 Å². The summed E-state index contributed by atoms with van der Waals surface area (Å²) in [5.74, 6) is 1.83. The van der Waals surface area contributed by atoms with Crippen LogP contribution >= 0.6 is 0 Å². The molecule has 0 saturated carbocycles. The van der Waals surface area contributed by atoms with Gasteiger partial charge in [0.2, 0.25) is 0 Å². The Bertz CT molecular complexity index is 3640. The Labute approximate surface area is 351 Å². The summed E-state index contributed by atoms with van der Waals surface area (Å²) in [6, 6.07) is 71.5. The fourth-order valence-electron chi connectivity index (χ4n) is 8.79. The van der Waals surface area contributed by atoms with Crippen molar-refractivity contribution in [3.8, 4) is 67.7 Å². The van der Waals surface area contributed by atoms with Crippen LogP contribution in [0.3, 0.4) is 0 Å². The normalized spacial score (nSPS) is 11.6. The zero-order valence-corrected chi connectivity index (χ0v) is 32.8. The third kappa shape index (κ3) is 5.94. The maximum Gasteiger partial charge on any atom is 0.164 e. The number of para-hydroxylation sites is 2. The van der Waals surface area contributed by atoms with Gasteiger partial charge < -0.3 is 4.42 Å². The van der Waals surface area contributed by atoms with E-state index in [4.69, 9.17) is 24.4 Å². The minimum atomic E-state index is 0.595. The lowest BCUT2D eigenvalue weighted by Crippen LogP contribution is -2.00. The molecule has 0 saturated heterocycles. The first kappa shape index (κ1) is 34.7. The highest BCUT2D eigenvalue weighted by molar-refractivity contribution is 6.24. The van der Waals surface area contributed by atoms with Gasteiger partial charge in [-0.3, -0.25) is 0 Å². The van der Waals surface area contributed by atoms with Crippen molar-refractivity contribution in [3.63, 3.8) is 0 Å². The number of furan rings is 1. The molecule has 0 aliphatic rings. The van der Waals surface area contributed by atoms with Crippen molar-refractivity contribution in [2.45, 2.75) is 0 Å². The minimum absolute atomic E-state index is 0.595. The zero-order chi connectivity index (χ0) is 40.3. The van der Waals surface area contributed by atoms with Crippen LogP contribution in [0.2, 0.25) is 0 Å². The first-order valence-electron chi connectivity index (χ1n) is 20.5. The standard InChI is InChI=1S/C56H34N4O/c1-3-15-35(16-4-1)36-29-31-38(32-30-36)55-58-54(37-17-5-2-6-18-37)59-56(60-55)41-21-13-20-39(33-41)43-26-14-27-47-50-46-25-11-12-28-49(46)61-53(50)52(57-51(43)47)48-34-40-19-7-8-22-42(40)44-23-9-10-24-45(44)48/h1-34H. The lowest BCUT2D eigenvalue weighted by molar-refractivity contribution is 0.669. The maximum absolute atomic E-state index is 6.77. The molecule has 0 spiro atoms. The van der Waals surface area contributed by atoms with Gasteiger partial charge in [-0.15, -0.1) is 0 Å². The third-order valence-corrected chi connectivity index (χ3v) is 11.7. The molecule has 0 N–H and O–H groups in total. The first-order valence-corrected chi connectivity index (χ1v) is 20.5. The summed E-state index contributed by atoms with van der Waals surface area (Å²) >= 11 is 0. The molecular weight excluding hydrogens is 745 g/mol. The van der Waals surface area contributed by atoms with Crippen LogP contribution in [0.25, 0.3) is 122 Å². The second-order valence-corrected chi connectivity index (χ2v) is 15.4. The van der Waals surface area contributed by atoms with Crippen LogP contribution in [-0.4, -0.2) is 19.9 Å². The number of benzene rings is 9. The van der Waals surface area contributed by atoms with Crippen LogP contribution in [0.4, 0.5) is 0 Å². The van der Waals surface area contributed by atoms with Crippen molar-refractivity contribution in [3.05, 3.63) is 206 Å². The molecule has 284 valence electrons. The van der Waals surface area contributed by atoms with Crippen molar-refractivity contribution < 1.29 is 4.42 Å². The summed E-state index contributed by atoms with van der Waals surface area (Å²) in [5, 5.41) is 7.82. The van der Waals surface area contributed by atoms with Crippen molar-refractivity contribution in [1.29, 1.82) is 0 Å². The van der Waals surface area contributed by atoms with E-state index in [9.17, 15) is 0 Å². The lowest BCUT2D eigenvalue weighted by Gasteiger charge is -2.14. The number of rotatable bonds is 6. The second kappa shape index (κ2) is 14.2. The molecule has 0 amide bonds. The molecular formula is C56H34N4O. The molecule has 12 aromatic rings. The van der Waals surface area contributed by atoms with Crippen LogP contribution in [0.5, 0.6) is 0 Å². The summed E-state index contributed by atoms with van der Waals surface area (Å²) < 4.78 is 6.77. The third-order valence-electron chi connectivity index (χ3n) is 11.7. The van der Waals surface area contributed by atoms with Gasteiger partial charge in [0.05, 0.1) is 5.52 Å². The quantitative estimate of drug-likeness (QED) is 0.157. The van der Waals surface area contributed by atoms with E-state index < -0.39 is 0 Å². The highest BCUT2D eigenvalue weighted by atomic mass is 16.3. The largest absolute Gasteiger partial charge is 0.454 e. The number of hydrogen-bond acceptors (Lipinski definition) is 5. The molecule has 9 aromatic carbocycles. The van der Waals surface area contributed by atoms with Crippen molar-refractivity contribution in [1.82, 2.24) is 19.9 Å². The Balaban J connectivity index is 1.06. The van der Waals surface area contributed by atoms with Gasteiger partial charge in [-0.1, -0.05) is 188 Å². The Morgan fingerprint density at radius 2 is 0.836 bits per heavy atom. The molecule has 5 nitrogen and oxygen atoms in total. The summed E-state index contributed by atoms with van der Waals surface area (Å²) in [4.78, 5) is 20.8. The summed E-state index contributed by atoms with van der Waals surface area (Å²) in [6.45, 7) is 0. The van der Waals surface area contributed by atoms with Gasteiger partial charge in [0, 0.05) is 44.0 Å². The van der Waals surface area contributed by atoms with E-state index in [0.717, 1.165) is 93.8 Å². The highest BCUT2D eigenvalue weighted by Crippen LogP contribution is 2.44. The van der Waals surface area contributed by atoms with Crippen LogP contribution in [-0.2, 0) is 0 Å². The van der Waals surface area contributed by atoms with Gasteiger partial charge in [-0.2, -0.15) is 0 Å². The number of aromatic nitrogens is 4. The van der Waals surface area contributed by atoms with Gasteiger partial charge in [-0.25, -0.2) is 19.9 Å². The smallest absolute Gasteiger partial charge is 0.164 e. The van der Waals surface area contributed by atoms with E-state index in [2.05, 4.69) is 158 Å². The van der Waals surface area contributed by atoms with Gasteiger partial charge in [0.25, 0.3) is 0 Å². The summed E-state index contributed by atoms with van der Waals surface area (Å²) in [5.41, 5.74) is 11.4. The van der Waals surface area contributed by atoms with Crippen molar-refractivity contribution >= 4 is 54.4 Å². The van der Waals surface area contributed by atoms with Crippen molar-refractivity contribution in [2.75, 3.05) is 0 Å². The van der Waals surface area contributed by atoms with Crippen molar-refractivity contribution in [2.24, 2.45) is 0 Å². The lowest BCUT2D eigenvalue weighted by atomic mass is 9.93. The van der Waals surface area contributed by atoms with Crippen LogP contribution in [0.1, 0.15) is 0 Å². The predicted octanol–water partition coefficient (Wildman–Crippen LogP) is 14.6. The van der Waals surface area contributed by atoms with E-state index in [1.165, 1.54) is 10.8 Å². The average molecular weight is 779 g/mol. The zero-order valence-electron chi connectivity index (χ0n) is 32.8. The van der Waals surface area contributed by atoms with Crippen LogP contribution in [0, 0.1) is 0 Å². The average Bonchev–Trinajstić information content (AvgIpc) is 3.74. The first-order chi connectivity index (χ1) is 30.2. The minimum Gasteiger partial charge on any atom is -0.454 e. The Morgan fingerprint density at radius 1 is 0.311 bits per heavy atom. The SMILES string of the molecule is c1ccc(-c2ccc(-c3nc(-c4ccccc4)nc(-c4cccc(-c5cccc6c5nc(-c5cc7ccccc7c7ccccc57)c5oc7ccccc7c56)c4)n3)cc2)cc1. The van der Waals surface area contributed by atoms with E-state index in [1.54, 1.807) is 0 Å². The van der Waals surface area contributed by atoms with Gasteiger partial charge in [-0.05, 0) is 56.4 Å². The summed E-state index contributed by atoms with van der Waals surface area (Å²) in [6.07, 6.45) is 0. The fourth-order valence-corrected chi connectivity index (χ4v) is 8.79. The number of fused-ring (bicyclic) bond motifs is 8. The monoisotopic (exact) mass is 778 g/mol. The predicted molar refractivity (Wildman–Crippen MR) is 250 cm³/mol. The summed E-state index contributed by atoms with van der Waals surface area (Å²) in [7, 11) is 0. The van der Waals surface area contributed by atoms with Gasteiger partial charge >= 0.3 is 0 Å². The molecule has 3 heterocycles. The fraction of sp³-hybridized carbons (Fsp3) is 0. The highest BCUT2D eigenvalue weighted by Gasteiger charge is 2.22. The number of pyridine rings is 1. The molecule has 0 aliphatic carbocycles. The van der Waals surface area contributed by atoms with E-state index in [1.807, 2.05) is 48.5 Å². The number of hydrogen-bond donors (Lipinski definition) is 0. The molecule has 0 fully saturated rings. The van der Waals surface area contributed by atoms with E-state index >= 15 is 0 Å². The van der Waals surface area contributed by atoms with E-state index in [0.29, 0.717) is 17.5 Å². The van der Waals surface area contributed by atoms with Gasteiger partial charge in [0.15, 0.2) is 23.1 Å². The molecule has 0 bridgehead atoms. The molecule has 0 atom stereocenters. The second-order valence-electron chi connectivity index (χ2n) is 15.4. The molecule has 3 aromatic heterocycles. The molecule has 5 heteroatoms. The number of nitrogens with zero attached hydrogens (tertiary/aromatic N) is 4.